The van der Waals surface area contributed by atoms with Crippen molar-refractivity contribution >= 4 is 21.6 Å². The first kappa shape index (κ1) is 13.0. The number of nitrogens with one attached hydrogen (secondary N) is 1. The van der Waals surface area contributed by atoms with Crippen LogP contribution in [0.1, 0.15) is 12.5 Å². The molecule has 0 radical (unpaired) electrons. The molecule has 86 valence electrons. The van der Waals surface area contributed by atoms with Crippen molar-refractivity contribution in [2.45, 2.75) is 12.5 Å². The second kappa shape index (κ2) is 5.30. The predicted molar refractivity (Wildman–Crippen MR) is 65.1 cm³/mol. The van der Waals surface area contributed by atoms with E-state index in [1.165, 1.54) is 0 Å². The van der Waals surface area contributed by atoms with Gasteiger partial charge in [-0.05, 0) is 25.1 Å². The minimum absolute atomic E-state index is 0.197. The van der Waals surface area contributed by atoms with E-state index in [2.05, 4.69) is 21.2 Å². The lowest BCUT2D eigenvalue weighted by Gasteiger charge is -2.27. The molecule has 5 heteroatoms. The molecule has 0 aliphatic rings. The monoisotopic (exact) mass is 284 g/mol. The van der Waals surface area contributed by atoms with Crippen LogP contribution < -0.4 is 5.32 Å². The lowest BCUT2D eigenvalue weighted by molar-refractivity contribution is 0.147. The van der Waals surface area contributed by atoms with E-state index in [1.807, 2.05) is 6.07 Å². The van der Waals surface area contributed by atoms with Crippen LogP contribution in [0.3, 0.4) is 0 Å². The topological polar surface area (TPSA) is 76.3 Å². The highest BCUT2D eigenvalue weighted by molar-refractivity contribution is 9.10. The molecule has 0 bridgehead atoms. The Morgan fingerprint density at radius 3 is 2.50 bits per heavy atom. The van der Waals surface area contributed by atoms with Gasteiger partial charge in [-0.2, -0.15) is 5.26 Å². The number of benzene rings is 1. The molecule has 0 spiro atoms. The average molecular weight is 285 g/mol. The molecule has 0 aromatic heterocycles. The van der Waals surface area contributed by atoms with Crippen LogP contribution in [0.15, 0.2) is 22.7 Å². The molecule has 1 rings (SSSR count). The van der Waals surface area contributed by atoms with Crippen molar-refractivity contribution in [3.8, 4) is 6.07 Å². The summed E-state index contributed by atoms with van der Waals surface area (Å²) in [5, 5.41) is 30.1. The van der Waals surface area contributed by atoms with Crippen molar-refractivity contribution in [1.82, 2.24) is 0 Å². The summed E-state index contributed by atoms with van der Waals surface area (Å²) >= 11 is 3.29. The summed E-state index contributed by atoms with van der Waals surface area (Å²) in [5.74, 6) is 0. The number of nitriles is 1. The van der Waals surface area contributed by atoms with Gasteiger partial charge in [0.25, 0.3) is 0 Å². The highest BCUT2D eigenvalue weighted by atomic mass is 79.9. The van der Waals surface area contributed by atoms with Gasteiger partial charge < -0.3 is 15.5 Å². The van der Waals surface area contributed by atoms with Gasteiger partial charge in [0.1, 0.15) is 0 Å². The fraction of sp³-hybridized carbons (Fsp3) is 0.364. The Hall–Kier alpha value is -1.09. The first-order chi connectivity index (χ1) is 7.53. The number of halogens is 1. The maximum atomic E-state index is 9.14. The minimum Gasteiger partial charge on any atom is -0.394 e. The van der Waals surface area contributed by atoms with Crippen molar-refractivity contribution in [3.63, 3.8) is 0 Å². The third-order valence-electron chi connectivity index (χ3n) is 2.17. The van der Waals surface area contributed by atoms with Crippen LogP contribution in [0.4, 0.5) is 5.69 Å². The minimum atomic E-state index is -0.798. The second-order valence-corrected chi connectivity index (χ2v) is 4.76. The van der Waals surface area contributed by atoms with Crippen LogP contribution >= 0.6 is 15.9 Å². The molecule has 1 aromatic rings. The highest BCUT2D eigenvalue weighted by Crippen LogP contribution is 2.22. The average Bonchev–Trinajstić information content (AvgIpc) is 2.28. The summed E-state index contributed by atoms with van der Waals surface area (Å²) in [6.07, 6.45) is 0. The van der Waals surface area contributed by atoms with Gasteiger partial charge in [0.15, 0.2) is 0 Å². The molecule has 4 nitrogen and oxygen atoms in total. The number of aliphatic hydroxyl groups excluding tert-OH is 2. The van der Waals surface area contributed by atoms with Crippen LogP contribution in [0, 0.1) is 11.3 Å². The summed E-state index contributed by atoms with van der Waals surface area (Å²) in [6, 6.07) is 7.17. The normalized spacial score (nSPS) is 10.9. The molecule has 0 aliphatic heterocycles. The summed E-state index contributed by atoms with van der Waals surface area (Å²) in [6.45, 7) is 1.30. The smallest absolute Gasteiger partial charge is 0.0992 e. The molecular weight excluding hydrogens is 272 g/mol. The van der Waals surface area contributed by atoms with Crippen molar-refractivity contribution in [2.75, 3.05) is 18.5 Å². The van der Waals surface area contributed by atoms with E-state index in [0.717, 1.165) is 4.47 Å². The van der Waals surface area contributed by atoms with Crippen LogP contribution in [0.5, 0.6) is 0 Å². The molecule has 0 saturated heterocycles. The molecule has 3 N–H and O–H groups in total. The summed E-state index contributed by atoms with van der Waals surface area (Å²) in [5.41, 5.74) is 0.389. The zero-order valence-corrected chi connectivity index (χ0v) is 10.5. The molecular formula is C11H13BrN2O2. The Kier molecular flexibility index (Phi) is 4.30. The van der Waals surface area contributed by atoms with Crippen LogP contribution in [-0.2, 0) is 0 Å². The molecule has 0 unspecified atom stereocenters. The molecule has 0 aliphatic carbocycles. The highest BCUT2D eigenvalue weighted by Gasteiger charge is 2.21. The van der Waals surface area contributed by atoms with Gasteiger partial charge >= 0.3 is 0 Å². The van der Waals surface area contributed by atoms with Gasteiger partial charge in [-0.15, -0.1) is 0 Å². The molecule has 0 amide bonds. The standard InChI is InChI=1S/C11H13BrN2O2/c1-11(6-15,7-16)14-10-3-8(5-13)2-9(12)4-10/h2-4,14-16H,6-7H2,1H3. The zero-order chi connectivity index (χ0) is 12.2. The Morgan fingerprint density at radius 2 is 2.00 bits per heavy atom. The Labute approximate surface area is 103 Å². The van der Waals surface area contributed by atoms with Crippen LogP contribution in [-0.4, -0.2) is 29.0 Å². The van der Waals surface area contributed by atoms with Crippen molar-refractivity contribution in [1.29, 1.82) is 5.26 Å². The number of rotatable bonds is 4. The fourth-order valence-electron chi connectivity index (χ4n) is 1.20. The fourth-order valence-corrected chi connectivity index (χ4v) is 1.70. The van der Waals surface area contributed by atoms with Gasteiger partial charge in [0, 0.05) is 10.2 Å². The molecule has 1 aromatic carbocycles. The summed E-state index contributed by atoms with van der Waals surface area (Å²) < 4.78 is 0.771. The SMILES string of the molecule is CC(CO)(CO)Nc1cc(Br)cc(C#N)c1. The summed E-state index contributed by atoms with van der Waals surface area (Å²) in [7, 11) is 0. The number of anilines is 1. The first-order valence-corrected chi connectivity index (χ1v) is 5.53. The Balaban J connectivity index is 2.97. The van der Waals surface area contributed by atoms with E-state index in [-0.39, 0.29) is 13.2 Å². The van der Waals surface area contributed by atoms with Gasteiger partial charge in [0.05, 0.1) is 30.4 Å². The molecule has 0 heterocycles. The van der Waals surface area contributed by atoms with E-state index in [9.17, 15) is 0 Å². The van der Waals surface area contributed by atoms with E-state index >= 15 is 0 Å². The van der Waals surface area contributed by atoms with Gasteiger partial charge in [0.2, 0.25) is 0 Å². The lowest BCUT2D eigenvalue weighted by Crippen LogP contribution is -2.42. The maximum Gasteiger partial charge on any atom is 0.0992 e. The largest absolute Gasteiger partial charge is 0.394 e. The van der Waals surface area contributed by atoms with Crippen LogP contribution in [0.25, 0.3) is 0 Å². The number of hydrogen-bond acceptors (Lipinski definition) is 4. The Morgan fingerprint density at radius 1 is 1.38 bits per heavy atom. The predicted octanol–water partition coefficient (Wildman–Crippen LogP) is 1.48. The third-order valence-corrected chi connectivity index (χ3v) is 2.63. The van der Waals surface area contributed by atoms with E-state index in [4.69, 9.17) is 15.5 Å². The van der Waals surface area contributed by atoms with Gasteiger partial charge in [-0.25, -0.2) is 0 Å². The van der Waals surface area contributed by atoms with Crippen molar-refractivity contribution in [2.24, 2.45) is 0 Å². The maximum absolute atomic E-state index is 9.14. The quantitative estimate of drug-likeness (QED) is 0.783. The van der Waals surface area contributed by atoms with Crippen LogP contribution in [0.2, 0.25) is 0 Å². The van der Waals surface area contributed by atoms with E-state index in [1.54, 1.807) is 25.1 Å². The molecule has 0 fully saturated rings. The van der Waals surface area contributed by atoms with E-state index in [0.29, 0.717) is 11.3 Å². The molecule has 16 heavy (non-hydrogen) atoms. The molecule has 0 atom stereocenters. The summed E-state index contributed by atoms with van der Waals surface area (Å²) in [4.78, 5) is 0. The van der Waals surface area contributed by atoms with Gasteiger partial charge in [-0.1, -0.05) is 15.9 Å². The lowest BCUT2D eigenvalue weighted by atomic mass is 10.0. The number of hydrogen-bond donors (Lipinski definition) is 3. The van der Waals surface area contributed by atoms with Gasteiger partial charge in [-0.3, -0.25) is 0 Å². The second-order valence-electron chi connectivity index (χ2n) is 3.84. The molecule has 0 saturated carbocycles. The Bertz CT molecular complexity index is 411. The third kappa shape index (κ3) is 3.20. The van der Waals surface area contributed by atoms with Crippen molar-refractivity contribution < 1.29 is 10.2 Å². The first-order valence-electron chi connectivity index (χ1n) is 4.73. The van der Waals surface area contributed by atoms with Crippen molar-refractivity contribution in [3.05, 3.63) is 28.2 Å². The number of nitrogens with zero attached hydrogens (tertiary/aromatic N) is 1. The van der Waals surface area contributed by atoms with E-state index < -0.39 is 5.54 Å². The number of aliphatic hydroxyl groups is 2. The zero-order valence-electron chi connectivity index (χ0n) is 8.87.